The first-order valence-electron chi connectivity index (χ1n) is 6.15. The van der Waals surface area contributed by atoms with Gasteiger partial charge in [-0.3, -0.25) is 9.59 Å². The average Bonchev–Trinajstić information content (AvgIpc) is 2.83. The highest BCUT2D eigenvalue weighted by Crippen LogP contribution is 2.21. The average molecular weight is 309 g/mol. The molecular weight excluding hydrogens is 296 g/mol. The lowest BCUT2D eigenvalue weighted by Crippen LogP contribution is -2.30. The summed E-state index contributed by atoms with van der Waals surface area (Å²) in [6.07, 6.45) is 0.902. The number of aliphatic carboxylic acids is 1. The molecule has 0 saturated heterocycles. The number of carbonyl (C=O) groups is 2. The van der Waals surface area contributed by atoms with Crippen molar-refractivity contribution in [1.82, 2.24) is 10.3 Å². The first-order valence-corrected chi connectivity index (χ1v) is 6.53. The molecule has 2 aromatic rings. The highest BCUT2D eigenvalue weighted by molar-refractivity contribution is 6.30. The van der Waals surface area contributed by atoms with Gasteiger partial charge in [0, 0.05) is 5.02 Å². The minimum absolute atomic E-state index is 0.132. The molecule has 1 atom stereocenters. The molecule has 0 aliphatic heterocycles. The Hall–Kier alpha value is -2.34. The normalized spacial score (nSPS) is 11.9. The second-order valence-corrected chi connectivity index (χ2v) is 4.87. The lowest BCUT2D eigenvalue weighted by Gasteiger charge is -2.17. The third kappa shape index (κ3) is 3.82. The Morgan fingerprint density at radius 2 is 2.24 bits per heavy atom. The number of nitrogens with zero attached hydrogens (tertiary/aromatic N) is 1. The van der Waals surface area contributed by atoms with Crippen molar-refractivity contribution in [3.8, 4) is 0 Å². The topological polar surface area (TPSA) is 92.4 Å². The molecule has 1 aromatic heterocycles. The van der Waals surface area contributed by atoms with Crippen LogP contribution >= 0.6 is 11.6 Å². The Kier molecular flexibility index (Phi) is 4.59. The van der Waals surface area contributed by atoms with E-state index in [1.54, 1.807) is 31.2 Å². The van der Waals surface area contributed by atoms with Crippen LogP contribution in [0.3, 0.4) is 0 Å². The van der Waals surface area contributed by atoms with Crippen molar-refractivity contribution >= 4 is 23.5 Å². The SMILES string of the molecule is Cc1ocnc1C(=O)N[C@@H](CC(=O)O)c1cccc(Cl)c1. The van der Waals surface area contributed by atoms with E-state index in [9.17, 15) is 9.59 Å². The van der Waals surface area contributed by atoms with Gasteiger partial charge in [-0.2, -0.15) is 0 Å². The van der Waals surface area contributed by atoms with Crippen molar-refractivity contribution in [1.29, 1.82) is 0 Å². The summed E-state index contributed by atoms with van der Waals surface area (Å²) in [6.45, 7) is 1.60. The zero-order valence-electron chi connectivity index (χ0n) is 11.2. The summed E-state index contributed by atoms with van der Waals surface area (Å²) in [4.78, 5) is 26.9. The molecule has 21 heavy (non-hydrogen) atoms. The molecule has 6 nitrogen and oxygen atoms in total. The second-order valence-electron chi connectivity index (χ2n) is 4.44. The fourth-order valence-electron chi connectivity index (χ4n) is 1.90. The van der Waals surface area contributed by atoms with E-state index < -0.39 is 17.9 Å². The smallest absolute Gasteiger partial charge is 0.305 e. The summed E-state index contributed by atoms with van der Waals surface area (Å²) in [6, 6.07) is 5.98. The van der Waals surface area contributed by atoms with Crippen LogP contribution in [0.15, 0.2) is 35.1 Å². The van der Waals surface area contributed by atoms with Crippen LogP contribution in [0.2, 0.25) is 5.02 Å². The quantitative estimate of drug-likeness (QED) is 0.885. The van der Waals surface area contributed by atoms with Crippen LogP contribution in [-0.2, 0) is 4.79 Å². The van der Waals surface area contributed by atoms with Gasteiger partial charge in [0.15, 0.2) is 12.1 Å². The van der Waals surface area contributed by atoms with Gasteiger partial charge in [0.2, 0.25) is 0 Å². The predicted octanol–water partition coefficient (Wildman–Crippen LogP) is 2.58. The summed E-state index contributed by atoms with van der Waals surface area (Å²) in [5.74, 6) is -1.16. The molecule has 0 saturated carbocycles. The van der Waals surface area contributed by atoms with E-state index in [0.717, 1.165) is 6.39 Å². The summed E-state index contributed by atoms with van der Waals surface area (Å²) in [5.41, 5.74) is 0.742. The number of carboxylic acids is 1. The molecule has 0 bridgehead atoms. The number of nitrogens with one attached hydrogen (secondary N) is 1. The van der Waals surface area contributed by atoms with Gasteiger partial charge < -0.3 is 14.8 Å². The van der Waals surface area contributed by atoms with Gasteiger partial charge in [-0.25, -0.2) is 4.98 Å². The molecule has 1 heterocycles. The highest BCUT2D eigenvalue weighted by atomic mass is 35.5. The molecule has 110 valence electrons. The van der Waals surface area contributed by atoms with E-state index >= 15 is 0 Å². The van der Waals surface area contributed by atoms with Crippen LogP contribution in [0.4, 0.5) is 0 Å². The fraction of sp³-hybridized carbons (Fsp3) is 0.214. The number of aryl methyl sites for hydroxylation is 1. The van der Waals surface area contributed by atoms with E-state index in [1.165, 1.54) is 0 Å². The molecule has 0 spiro atoms. The van der Waals surface area contributed by atoms with Crippen LogP contribution in [0.1, 0.15) is 34.3 Å². The predicted molar refractivity (Wildman–Crippen MR) is 75.2 cm³/mol. The molecule has 0 aliphatic rings. The van der Waals surface area contributed by atoms with Crippen LogP contribution in [0.5, 0.6) is 0 Å². The zero-order chi connectivity index (χ0) is 15.4. The Bertz CT molecular complexity index is 668. The number of amides is 1. The number of carbonyl (C=O) groups excluding carboxylic acids is 1. The number of benzene rings is 1. The highest BCUT2D eigenvalue weighted by Gasteiger charge is 2.21. The van der Waals surface area contributed by atoms with Gasteiger partial charge in [0.05, 0.1) is 12.5 Å². The van der Waals surface area contributed by atoms with Gasteiger partial charge in [-0.05, 0) is 24.6 Å². The maximum atomic E-state index is 12.1. The molecule has 0 radical (unpaired) electrons. The molecular formula is C14H13ClN2O4. The van der Waals surface area contributed by atoms with Crippen molar-refractivity contribution in [3.63, 3.8) is 0 Å². The largest absolute Gasteiger partial charge is 0.481 e. The number of aromatic nitrogens is 1. The fourth-order valence-corrected chi connectivity index (χ4v) is 2.10. The van der Waals surface area contributed by atoms with Gasteiger partial charge in [0.25, 0.3) is 5.91 Å². The number of rotatable bonds is 5. The van der Waals surface area contributed by atoms with Gasteiger partial charge in [-0.1, -0.05) is 23.7 Å². The maximum absolute atomic E-state index is 12.1. The van der Waals surface area contributed by atoms with Crippen molar-refractivity contribution < 1.29 is 19.1 Å². The Morgan fingerprint density at radius 1 is 1.48 bits per heavy atom. The van der Waals surface area contributed by atoms with Crippen LogP contribution < -0.4 is 5.32 Å². The minimum atomic E-state index is -1.03. The lowest BCUT2D eigenvalue weighted by molar-refractivity contribution is -0.137. The molecule has 2 N–H and O–H groups in total. The second kappa shape index (κ2) is 6.41. The van der Waals surface area contributed by atoms with E-state index in [2.05, 4.69) is 10.3 Å². The number of halogens is 1. The van der Waals surface area contributed by atoms with Crippen LogP contribution in [-0.4, -0.2) is 22.0 Å². The number of hydrogen-bond acceptors (Lipinski definition) is 4. The number of hydrogen-bond donors (Lipinski definition) is 2. The van der Waals surface area contributed by atoms with Gasteiger partial charge >= 0.3 is 5.97 Å². The zero-order valence-corrected chi connectivity index (χ0v) is 11.9. The minimum Gasteiger partial charge on any atom is -0.481 e. The Labute approximate surface area is 125 Å². The van der Waals surface area contributed by atoms with E-state index in [1.807, 2.05) is 0 Å². The third-order valence-electron chi connectivity index (χ3n) is 2.89. The molecule has 1 amide bonds. The van der Waals surface area contributed by atoms with Crippen molar-refractivity contribution in [3.05, 3.63) is 52.7 Å². The summed E-state index contributed by atoms with van der Waals surface area (Å²) >= 11 is 5.90. The van der Waals surface area contributed by atoms with Crippen molar-refractivity contribution in [2.75, 3.05) is 0 Å². The maximum Gasteiger partial charge on any atom is 0.305 e. The molecule has 2 rings (SSSR count). The van der Waals surface area contributed by atoms with Gasteiger partial charge in [-0.15, -0.1) is 0 Å². The van der Waals surface area contributed by atoms with E-state index in [-0.39, 0.29) is 12.1 Å². The molecule has 0 aliphatic carbocycles. The van der Waals surface area contributed by atoms with Crippen LogP contribution in [0, 0.1) is 6.92 Å². The molecule has 0 unspecified atom stereocenters. The summed E-state index contributed by atoms with van der Waals surface area (Å²) in [5, 5.41) is 12.1. The standard InChI is InChI=1S/C14H13ClN2O4/c1-8-13(16-7-21-8)14(20)17-11(6-12(18)19)9-3-2-4-10(15)5-9/h2-5,7,11H,6H2,1H3,(H,17,20)(H,18,19)/t11-/m0/s1. The first-order chi connectivity index (χ1) is 9.97. The Morgan fingerprint density at radius 3 is 2.81 bits per heavy atom. The monoisotopic (exact) mass is 308 g/mol. The third-order valence-corrected chi connectivity index (χ3v) is 3.13. The Balaban J connectivity index is 2.23. The summed E-state index contributed by atoms with van der Waals surface area (Å²) in [7, 11) is 0. The van der Waals surface area contributed by atoms with Crippen molar-refractivity contribution in [2.45, 2.75) is 19.4 Å². The van der Waals surface area contributed by atoms with Gasteiger partial charge in [0.1, 0.15) is 5.76 Å². The van der Waals surface area contributed by atoms with E-state index in [4.69, 9.17) is 21.1 Å². The first kappa shape index (κ1) is 15.1. The molecule has 7 heteroatoms. The lowest BCUT2D eigenvalue weighted by atomic mass is 10.0. The van der Waals surface area contributed by atoms with E-state index in [0.29, 0.717) is 16.3 Å². The van der Waals surface area contributed by atoms with Crippen LogP contribution in [0.25, 0.3) is 0 Å². The molecule has 1 aromatic carbocycles. The molecule has 0 fully saturated rings. The van der Waals surface area contributed by atoms with Crippen molar-refractivity contribution in [2.24, 2.45) is 0 Å². The number of carboxylic acid groups (broad SMARTS) is 1. The number of oxazole rings is 1. The summed E-state index contributed by atoms with van der Waals surface area (Å²) < 4.78 is 4.96.